The van der Waals surface area contributed by atoms with Crippen LogP contribution in [-0.4, -0.2) is 71.0 Å². The molecule has 6 aromatic carbocycles. The second-order valence-electron chi connectivity index (χ2n) is 20.1. The van der Waals surface area contributed by atoms with Gasteiger partial charge in [-0.05, 0) is 110 Å². The summed E-state index contributed by atoms with van der Waals surface area (Å²) in [6.45, 7) is 6.96. The highest BCUT2D eigenvalue weighted by molar-refractivity contribution is 6.33. The third kappa shape index (κ3) is 8.67. The first-order valence-corrected chi connectivity index (χ1v) is 27.2. The maximum atomic E-state index is 15.8. The van der Waals surface area contributed by atoms with Gasteiger partial charge in [0.15, 0.2) is 34.0 Å². The second kappa shape index (κ2) is 20.4. The average molecular weight is 1080 g/mol. The molecule has 380 valence electrons. The lowest BCUT2D eigenvalue weighted by atomic mass is 9.57. The van der Waals surface area contributed by atoms with Crippen molar-refractivity contribution in [1.82, 2.24) is 39.0 Å². The van der Waals surface area contributed by atoms with Crippen molar-refractivity contribution in [2.75, 3.05) is 36.0 Å². The molecule has 10 aromatic rings. The molecular formula is C61H52Cl4N10O. The SMILES string of the molecule is CC(C(=O)C(C)C1(c2ccccc2)CCN(c2ncnc3c2nc(-c2ccccc2Cl)n3-c2ccc(Cl)cc2)CC1)C1(c2ccccc2)CCN(c2ncnc3c2nc(-c2ccccc2Cl)n3-c2ccc(Cl)cc2)CC1. The molecule has 0 bridgehead atoms. The van der Waals surface area contributed by atoms with Crippen LogP contribution in [-0.2, 0) is 15.6 Å². The van der Waals surface area contributed by atoms with E-state index in [1.807, 2.05) is 106 Å². The smallest absolute Gasteiger partial charge is 0.170 e. The first-order valence-electron chi connectivity index (χ1n) is 25.7. The van der Waals surface area contributed by atoms with Gasteiger partial charge in [-0.15, -0.1) is 0 Å². The third-order valence-electron chi connectivity index (χ3n) is 16.4. The van der Waals surface area contributed by atoms with E-state index < -0.39 is 10.8 Å². The normalized spacial score (nSPS) is 16.2. The van der Waals surface area contributed by atoms with E-state index in [1.54, 1.807) is 12.7 Å². The van der Waals surface area contributed by atoms with E-state index >= 15 is 4.79 Å². The number of hydrogen-bond acceptors (Lipinski definition) is 9. The monoisotopic (exact) mass is 1080 g/mol. The molecule has 2 atom stereocenters. The van der Waals surface area contributed by atoms with E-state index in [0.29, 0.717) is 80.2 Å². The van der Waals surface area contributed by atoms with Crippen LogP contribution in [0.5, 0.6) is 0 Å². The molecule has 0 radical (unpaired) electrons. The van der Waals surface area contributed by atoms with E-state index in [1.165, 1.54) is 11.1 Å². The molecule has 2 aliphatic rings. The predicted octanol–water partition coefficient (Wildman–Crippen LogP) is 14.5. The van der Waals surface area contributed by atoms with Gasteiger partial charge in [-0.2, -0.15) is 0 Å². The minimum absolute atomic E-state index is 0.264. The third-order valence-corrected chi connectivity index (χ3v) is 17.5. The zero-order chi connectivity index (χ0) is 52.1. The molecule has 0 aliphatic carbocycles. The molecule has 0 amide bonds. The van der Waals surface area contributed by atoms with Crippen molar-refractivity contribution in [1.29, 1.82) is 0 Å². The van der Waals surface area contributed by atoms with Gasteiger partial charge in [-0.3, -0.25) is 13.9 Å². The number of carbonyl (C=O) groups excluding carboxylic acids is 1. The van der Waals surface area contributed by atoms with Gasteiger partial charge in [-0.1, -0.05) is 145 Å². The highest BCUT2D eigenvalue weighted by Crippen LogP contribution is 2.50. The molecule has 4 aromatic heterocycles. The molecule has 11 nitrogen and oxygen atoms in total. The number of ketones is 1. The van der Waals surface area contributed by atoms with Crippen LogP contribution in [0.3, 0.4) is 0 Å². The number of hydrogen-bond donors (Lipinski definition) is 0. The summed E-state index contributed by atoms with van der Waals surface area (Å²) in [6.07, 6.45) is 6.14. The minimum Gasteiger partial charge on any atom is -0.355 e. The summed E-state index contributed by atoms with van der Waals surface area (Å²) in [6, 6.07) is 52.0. The second-order valence-corrected chi connectivity index (χ2v) is 21.7. The van der Waals surface area contributed by atoms with E-state index in [-0.39, 0.29) is 17.6 Å². The van der Waals surface area contributed by atoms with Crippen molar-refractivity contribution in [3.05, 3.63) is 202 Å². The zero-order valence-electron chi connectivity index (χ0n) is 41.9. The van der Waals surface area contributed by atoms with Gasteiger partial charge in [0, 0.05) is 81.4 Å². The molecule has 2 fully saturated rings. The van der Waals surface area contributed by atoms with Crippen LogP contribution < -0.4 is 9.80 Å². The summed E-state index contributed by atoms with van der Waals surface area (Å²) in [7, 11) is 0. The van der Waals surface area contributed by atoms with Crippen LogP contribution in [0.4, 0.5) is 11.6 Å². The Balaban J connectivity index is 0.859. The number of carbonyl (C=O) groups is 1. The molecule has 2 aliphatic heterocycles. The molecule has 2 unspecified atom stereocenters. The zero-order valence-corrected chi connectivity index (χ0v) is 44.9. The Kier molecular flexibility index (Phi) is 13.4. The quantitative estimate of drug-likeness (QED) is 0.118. The van der Waals surface area contributed by atoms with Gasteiger partial charge < -0.3 is 9.80 Å². The molecule has 2 saturated heterocycles. The Labute approximate surface area is 461 Å². The Morgan fingerprint density at radius 2 is 0.816 bits per heavy atom. The fourth-order valence-electron chi connectivity index (χ4n) is 12.2. The summed E-state index contributed by atoms with van der Waals surface area (Å²) in [4.78, 5) is 50.5. The lowest BCUT2D eigenvalue weighted by Gasteiger charge is -2.50. The number of halogens is 4. The predicted molar refractivity (Wildman–Crippen MR) is 307 cm³/mol. The van der Waals surface area contributed by atoms with Crippen LogP contribution in [0.25, 0.3) is 56.5 Å². The van der Waals surface area contributed by atoms with Crippen LogP contribution in [0.2, 0.25) is 20.1 Å². The fraction of sp³-hybridized carbons (Fsp3) is 0.230. The topological polar surface area (TPSA) is 111 Å². The molecule has 12 rings (SSSR count). The molecule has 76 heavy (non-hydrogen) atoms. The van der Waals surface area contributed by atoms with Crippen LogP contribution in [0.15, 0.2) is 170 Å². The van der Waals surface area contributed by atoms with Gasteiger partial charge in [0.25, 0.3) is 0 Å². The van der Waals surface area contributed by atoms with E-state index in [4.69, 9.17) is 76.3 Å². The highest BCUT2D eigenvalue weighted by atomic mass is 35.5. The Hall–Kier alpha value is -7.15. The largest absolute Gasteiger partial charge is 0.355 e. The molecule has 6 heterocycles. The van der Waals surface area contributed by atoms with E-state index in [0.717, 1.165) is 59.8 Å². The van der Waals surface area contributed by atoms with Crippen molar-refractivity contribution in [2.45, 2.75) is 50.4 Å². The number of piperidine rings is 2. The molecular weight excluding hydrogens is 1030 g/mol. The maximum absolute atomic E-state index is 15.8. The summed E-state index contributed by atoms with van der Waals surface area (Å²) in [5, 5.41) is 2.42. The maximum Gasteiger partial charge on any atom is 0.170 e. The lowest BCUT2D eigenvalue weighted by Crippen LogP contribution is -2.53. The Bertz CT molecular complexity index is 3500. The highest BCUT2D eigenvalue weighted by Gasteiger charge is 2.51. The minimum atomic E-state index is -0.450. The van der Waals surface area contributed by atoms with Crippen molar-refractivity contribution < 1.29 is 4.79 Å². The van der Waals surface area contributed by atoms with Crippen LogP contribution in [0, 0.1) is 11.8 Å². The first kappa shape index (κ1) is 49.7. The number of anilines is 2. The van der Waals surface area contributed by atoms with Gasteiger partial charge in [0.2, 0.25) is 0 Å². The van der Waals surface area contributed by atoms with Crippen LogP contribution in [0.1, 0.15) is 50.7 Å². The standard InChI is InChI=1S/C61H52Cl4N10O/c1-39(60(41-13-5-3-6-14-41)29-33-72(34-30-60)56-51-58(68-37-66-56)74(45-25-21-43(62)22-26-45)54(70-51)47-17-9-11-19-49(47)64)53(76)40(2)61(42-15-7-4-8-16-42)31-35-73(36-32-61)57-52-59(69-38-67-57)75(46-27-23-44(63)24-28-46)55(71-52)48-18-10-12-20-50(48)65/h3-28,37-40H,29-36H2,1-2H3. The van der Waals surface area contributed by atoms with E-state index in [9.17, 15) is 0 Å². The van der Waals surface area contributed by atoms with E-state index in [2.05, 4.69) is 84.3 Å². The van der Waals surface area contributed by atoms with Crippen molar-refractivity contribution in [2.24, 2.45) is 11.8 Å². The molecule has 0 spiro atoms. The Morgan fingerprint density at radius 1 is 0.461 bits per heavy atom. The number of aromatic nitrogens is 8. The molecule has 0 saturated carbocycles. The van der Waals surface area contributed by atoms with Gasteiger partial charge in [0.05, 0.1) is 10.0 Å². The summed E-state index contributed by atoms with van der Waals surface area (Å²) < 4.78 is 4.04. The average Bonchev–Trinajstić information content (AvgIpc) is 4.13. The molecule has 15 heteroatoms. The summed E-state index contributed by atoms with van der Waals surface area (Å²) in [5.41, 5.74) is 7.38. The number of fused-ring (bicyclic) bond motifs is 2. The first-order chi connectivity index (χ1) is 37.0. The number of imidazole rings is 2. The fourth-order valence-corrected chi connectivity index (χ4v) is 12.9. The summed E-state index contributed by atoms with van der Waals surface area (Å²) in [5.74, 6) is 2.44. The Morgan fingerprint density at radius 3 is 1.18 bits per heavy atom. The number of benzene rings is 6. The van der Waals surface area contributed by atoms with Crippen molar-refractivity contribution in [3.8, 4) is 34.2 Å². The van der Waals surface area contributed by atoms with Gasteiger partial charge in [0.1, 0.15) is 30.1 Å². The number of nitrogens with zero attached hydrogens (tertiary/aromatic N) is 10. The van der Waals surface area contributed by atoms with Crippen molar-refractivity contribution in [3.63, 3.8) is 0 Å². The number of Topliss-reactive ketones (excluding diaryl/α,β-unsaturated/α-hetero) is 1. The van der Waals surface area contributed by atoms with Crippen molar-refractivity contribution >= 4 is 86.2 Å². The summed E-state index contributed by atoms with van der Waals surface area (Å²) >= 11 is 26.5. The van der Waals surface area contributed by atoms with Gasteiger partial charge >= 0.3 is 0 Å². The van der Waals surface area contributed by atoms with Crippen LogP contribution >= 0.6 is 46.4 Å². The van der Waals surface area contributed by atoms with Gasteiger partial charge in [-0.25, -0.2) is 29.9 Å². The molecule has 0 N–H and O–H groups in total. The number of rotatable bonds is 12. The lowest BCUT2D eigenvalue weighted by molar-refractivity contribution is -0.131.